The molecule has 0 saturated carbocycles. The highest BCUT2D eigenvalue weighted by Gasteiger charge is 2.15. The summed E-state index contributed by atoms with van der Waals surface area (Å²) >= 11 is 1.55. The minimum absolute atomic E-state index is 0.249. The minimum atomic E-state index is -0.249. The van der Waals surface area contributed by atoms with Crippen molar-refractivity contribution < 1.29 is 4.42 Å². The Morgan fingerprint density at radius 2 is 1.94 bits per heavy atom. The van der Waals surface area contributed by atoms with E-state index in [0.29, 0.717) is 22.8 Å². The maximum atomic E-state index is 6.07. The average Bonchev–Trinajstić information content (AvgIpc) is 2.78. The van der Waals surface area contributed by atoms with Gasteiger partial charge in [0.1, 0.15) is 0 Å². The number of aromatic nitrogens is 2. The molecule has 0 radical (unpaired) electrons. The summed E-state index contributed by atoms with van der Waals surface area (Å²) in [5.41, 5.74) is 7.23. The average molecular weight is 263 g/mol. The molecule has 5 heteroatoms. The Kier molecular flexibility index (Phi) is 4.38. The van der Waals surface area contributed by atoms with Crippen LogP contribution in [0.25, 0.3) is 0 Å². The molecule has 0 fully saturated rings. The molecular weight excluding hydrogens is 246 g/mol. The lowest BCUT2D eigenvalue weighted by Crippen LogP contribution is -2.13. The summed E-state index contributed by atoms with van der Waals surface area (Å²) in [6.07, 6.45) is 0.703. The molecule has 1 heterocycles. The van der Waals surface area contributed by atoms with Crippen LogP contribution in [0.15, 0.2) is 40.0 Å². The molecule has 0 aliphatic carbocycles. The fourth-order valence-electron chi connectivity index (χ4n) is 1.57. The first kappa shape index (κ1) is 13.1. The van der Waals surface area contributed by atoms with E-state index in [9.17, 15) is 0 Å². The summed E-state index contributed by atoms with van der Waals surface area (Å²) in [5.74, 6) is 0.502. The largest absolute Gasteiger partial charge is 0.414 e. The van der Waals surface area contributed by atoms with Crippen molar-refractivity contribution in [2.24, 2.45) is 5.73 Å². The molecule has 4 nitrogen and oxygen atoms in total. The van der Waals surface area contributed by atoms with Gasteiger partial charge in [-0.15, -0.1) is 10.2 Å². The van der Waals surface area contributed by atoms with Gasteiger partial charge in [0, 0.05) is 5.25 Å². The van der Waals surface area contributed by atoms with E-state index >= 15 is 0 Å². The first-order valence-electron chi connectivity index (χ1n) is 5.94. The highest BCUT2D eigenvalue weighted by Crippen LogP contribution is 2.23. The Hall–Kier alpha value is -1.33. The van der Waals surface area contributed by atoms with Crippen LogP contribution >= 0.6 is 11.8 Å². The van der Waals surface area contributed by atoms with E-state index < -0.39 is 0 Å². The number of rotatable bonds is 5. The second kappa shape index (κ2) is 6.02. The van der Waals surface area contributed by atoms with E-state index in [-0.39, 0.29) is 6.04 Å². The molecule has 2 rings (SSSR count). The van der Waals surface area contributed by atoms with Crippen LogP contribution in [0.5, 0.6) is 0 Å². The van der Waals surface area contributed by atoms with Gasteiger partial charge < -0.3 is 10.2 Å². The molecule has 18 heavy (non-hydrogen) atoms. The van der Waals surface area contributed by atoms with Crippen molar-refractivity contribution in [1.82, 2.24) is 10.2 Å². The quantitative estimate of drug-likeness (QED) is 0.840. The molecule has 1 aromatic carbocycles. The topological polar surface area (TPSA) is 64.9 Å². The van der Waals surface area contributed by atoms with Crippen molar-refractivity contribution in [1.29, 1.82) is 0 Å². The Morgan fingerprint density at radius 1 is 1.22 bits per heavy atom. The van der Waals surface area contributed by atoms with Gasteiger partial charge >= 0.3 is 0 Å². The third kappa shape index (κ3) is 3.58. The third-order valence-electron chi connectivity index (χ3n) is 2.37. The summed E-state index contributed by atoms with van der Waals surface area (Å²) in [6.45, 7) is 4.16. The standard InChI is InChI=1S/C13H17N3OS/c1-9(2)18-13-16-15-12(17-13)11(14)8-10-6-4-3-5-7-10/h3-7,9,11H,8,14H2,1-2H3/t11-/m0/s1. The van der Waals surface area contributed by atoms with E-state index in [1.165, 1.54) is 5.56 Å². The zero-order valence-electron chi connectivity index (χ0n) is 10.5. The number of hydrogen-bond donors (Lipinski definition) is 1. The number of thioether (sulfide) groups is 1. The lowest BCUT2D eigenvalue weighted by Gasteiger charge is -2.06. The van der Waals surface area contributed by atoms with Gasteiger partial charge in [-0.1, -0.05) is 55.9 Å². The maximum Gasteiger partial charge on any atom is 0.276 e. The number of nitrogens with zero attached hydrogens (tertiary/aromatic N) is 2. The maximum absolute atomic E-state index is 6.07. The first-order valence-corrected chi connectivity index (χ1v) is 6.82. The minimum Gasteiger partial charge on any atom is -0.414 e. The zero-order chi connectivity index (χ0) is 13.0. The molecule has 0 spiro atoms. The van der Waals surface area contributed by atoms with Crippen LogP contribution in [-0.2, 0) is 6.42 Å². The van der Waals surface area contributed by atoms with Crippen molar-refractivity contribution in [2.75, 3.05) is 0 Å². The number of nitrogens with two attached hydrogens (primary N) is 1. The van der Waals surface area contributed by atoms with Crippen LogP contribution in [0.3, 0.4) is 0 Å². The van der Waals surface area contributed by atoms with E-state index in [1.54, 1.807) is 11.8 Å². The van der Waals surface area contributed by atoms with Crippen molar-refractivity contribution >= 4 is 11.8 Å². The molecule has 0 amide bonds. The van der Waals surface area contributed by atoms with Crippen LogP contribution in [-0.4, -0.2) is 15.4 Å². The lowest BCUT2D eigenvalue weighted by atomic mass is 10.1. The summed E-state index contributed by atoms with van der Waals surface area (Å²) < 4.78 is 5.54. The zero-order valence-corrected chi connectivity index (χ0v) is 11.4. The van der Waals surface area contributed by atoms with Gasteiger partial charge in [-0.3, -0.25) is 0 Å². The summed E-state index contributed by atoms with van der Waals surface area (Å²) in [4.78, 5) is 0. The Morgan fingerprint density at radius 3 is 2.61 bits per heavy atom. The predicted molar refractivity (Wildman–Crippen MR) is 72.4 cm³/mol. The second-order valence-electron chi connectivity index (χ2n) is 4.37. The van der Waals surface area contributed by atoms with Gasteiger partial charge in [-0.2, -0.15) is 0 Å². The number of hydrogen-bond acceptors (Lipinski definition) is 5. The van der Waals surface area contributed by atoms with Crippen LogP contribution in [0.2, 0.25) is 0 Å². The fourth-order valence-corrected chi connectivity index (χ4v) is 2.20. The van der Waals surface area contributed by atoms with Gasteiger partial charge in [0.05, 0.1) is 6.04 Å². The summed E-state index contributed by atoms with van der Waals surface area (Å²) in [6, 6.07) is 9.81. The second-order valence-corrected chi connectivity index (χ2v) is 5.90. The normalized spacial score (nSPS) is 12.9. The van der Waals surface area contributed by atoms with Crippen LogP contribution in [0.1, 0.15) is 31.3 Å². The first-order chi connectivity index (χ1) is 8.65. The van der Waals surface area contributed by atoms with Gasteiger partial charge in [-0.05, 0) is 12.0 Å². The fraction of sp³-hybridized carbons (Fsp3) is 0.385. The monoisotopic (exact) mass is 263 g/mol. The molecule has 2 N–H and O–H groups in total. The predicted octanol–water partition coefficient (Wildman–Crippen LogP) is 2.81. The van der Waals surface area contributed by atoms with Gasteiger partial charge in [0.2, 0.25) is 5.89 Å². The van der Waals surface area contributed by atoms with Crippen molar-refractivity contribution in [3.05, 3.63) is 41.8 Å². The van der Waals surface area contributed by atoms with Crippen LogP contribution in [0.4, 0.5) is 0 Å². The van der Waals surface area contributed by atoms with E-state index in [2.05, 4.69) is 24.0 Å². The summed E-state index contributed by atoms with van der Waals surface area (Å²) in [5, 5.41) is 8.99. The molecule has 0 aliphatic rings. The SMILES string of the molecule is CC(C)Sc1nnc([C@@H](N)Cc2ccccc2)o1. The van der Waals surface area contributed by atoms with Crippen molar-refractivity contribution in [3.8, 4) is 0 Å². The highest BCUT2D eigenvalue weighted by molar-refractivity contribution is 7.99. The number of benzene rings is 1. The molecule has 0 aliphatic heterocycles. The van der Waals surface area contributed by atoms with E-state index in [4.69, 9.17) is 10.2 Å². The molecule has 1 atom stereocenters. The lowest BCUT2D eigenvalue weighted by molar-refractivity contribution is 0.385. The molecule has 1 aromatic heterocycles. The smallest absolute Gasteiger partial charge is 0.276 e. The third-order valence-corrected chi connectivity index (χ3v) is 3.21. The van der Waals surface area contributed by atoms with Crippen molar-refractivity contribution in [3.63, 3.8) is 0 Å². The van der Waals surface area contributed by atoms with Crippen LogP contribution < -0.4 is 5.73 Å². The molecular formula is C13H17N3OS. The van der Waals surface area contributed by atoms with Gasteiger partial charge in [0.15, 0.2) is 0 Å². The molecule has 2 aromatic rings. The Labute approximate surface area is 111 Å². The van der Waals surface area contributed by atoms with Gasteiger partial charge in [0.25, 0.3) is 5.22 Å². The Bertz CT molecular complexity index is 484. The molecule has 0 unspecified atom stereocenters. The van der Waals surface area contributed by atoms with E-state index in [1.807, 2.05) is 30.3 Å². The van der Waals surface area contributed by atoms with Crippen LogP contribution in [0, 0.1) is 0 Å². The van der Waals surface area contributed by atoms with Gasteiger partial charge in [-0.25, -0.2) is 0 Å². The van der Waals surface area contributed by atoms with E-state index in [0.717, 1.165) is 0 Å². The molecule has 0 bridgehead atoms. The Balaban J connectivity index is 2.00. The molecule has 96 valence electrons. The highest BCUT2D eigenvalue weighted by atomic mass is 32.2. The summed E-state index contributed by atoms with van der Waals surface area (Å²) in [7, 11) is 0. The molecule has 0 saturated heterocycles. The van der Waals surface area contributed by atoms with Crippen molar-refractivity contribution in [2.45, 2.75) is 36.8 Å².